The number of nitrogens with one attached hydrogen (secondary N) is 1. The predicted molar refractivity (Wildman–Crippen MR) is 104 cm³/mol. The summed E-state index contributed by atoms with van der Waals surface area (Å²) in [4.78, 5) is 41.5. The van der Waals surface area contributed by atoms with Crippen LogP contribution in [0.3, 0.4) is 0 Å². The maximum Gasteiger partial charge on any atom is 0.306 e. The van der Waals surface area contributed by atoms with Crippen molar-refractivity contribution in [3.8, 4) is 11.3 Å². The molecule has 2 amide bonds. The van der Waals surface area contributed by atoms with Crippen LogP contribution >= 0.6 is 11.3 Å². The van der Waals surface area contributed by atoms with Crippen molar-refractivity contribution >= 4 is 39.9 Å². The molecule has 0 fully saturated rings. The molecular formula is C19H21N3O4S. The lowest BCUT2D eigenvalue weighted by Gasteiger charge is -2.16. The van der Waals surface area contributed by atoms with Crippen molar-refractivity contribution in [2.24, 2.45) is 0 Å². The molecule has 8 heteroatoms. The molecule has 0 unspecified atom stereocenters. The number of methoxy groups -OCH3 is 1. The quantitative estimate of drug-likeness (QED) is 0.797. The number of thiazole rings is 1. The molecule has 1 aromatic carbocycles. The molecule has 0 bridgehead atoms. The van der Waals surface area contributed by atoms with E-state index in [0.29, 0.717) is 5.13 Å². The van der Waals surface area contributed by atoms with Gasteiger partial charge in [-0.3, -0.25) is 14.4 Å². The number of anilines is 2. The van der Waals surface area contributed by atoms with Gasteiger partial charge in [-0.15, -0.1) is 11.3 Å². The van der Waals surface area contributed by atoms with Gasteiger partial charge in [-0.05, 0) is 31.5 Å². The van der Waals surface area contributed by atoms with Crippen molar-refractivity contribution in [1.29, 1.82) is 0 Å². The van der Waals surface area contributed by atoms with Gasteiger partial charge in [-0.25, -0.2) is 4.98 Å². The number of amides is 2. The van der Waals surface area contributed by atoms with Crippen molar-refractivity contribution in [3.63, 3.8) is 0 Å². The maximum absolute atomic E-state index is 12.4. The Balaban J connectivity index is 1.76. The summed E-state index contributed by atoms with van der Waals surface area (Å²) in [5.41, 5.74) is 2.89. The second kappa shape index (κ2) is 7.11. The minimum Gasteiger partial charge on any atom is -0.469 e. The number of hydrogen-bond acceptors (Lipinski definition) is 6. The van der Waals surface area contributed by atoms with E-state index in [1.54, 1.807) is 11.9 Å². The fourth-order valence-corrected chi connectivity index (χ4v) is 3.83. The Bertz CT molecular complexity index is 919. The predicted octanol–water partition coefficient (Wildman–Crippen LogP) is 2.96. The van der Waals surface area contributed by atoms with Crippen LogP contribution < -0.4 is 10.2 Å². The second-order valence-corrected chi connectivity index (χ2v) is 7.74. The van der Waals surface area contributed by atoms with Gasteiger partial charge in [-0.1, -0.05) is 6.07 Å². The van der Waals surface area contributed by atoms with Crippen LogP contribution in [0.2, 0.25) is 0 Å². The van der Waals surface area contributed by atoms with Gasteiger partial charge in [0, 0.05) is 30.1 Å². The van der Waals surface area contributed by atoms with E-state index in [4.69, 9.17) is 0 Å². The number of nitrogens with zero attached hydrogens (tertiary/aromatic N) is 2. The number of aromatic nitrogens is 1. The van der Waals surface area contributed by atoms with Gasteiger partial charge < -0.3 is 15.0 Å². The van der Waals surface area contributed by atoms with Crippen LogP contribution in [0, 0.1) is 0 Å². The maximum atomic E-state index is 12.4. The Kier molecular flexibility index (Phi) is 5.01. The van der Waals surface area contributed by atoms with E-state index in [2.05, 4.69) is 15.0 Å². The lowest BCUT2D eigenvalue weighted by molar-refractivity contribution is -0.141. The summed E-state index contributed by atoms with van der Waals surface area (Å²) < 4.78 is 4.52. The first-order valence-corrected chi connectivity index (χ1v) is 9.37. The van der Waals surface area contributed by atoms with Gasteiger partial charge in [0.2, 0.25) is 11.8 Å². The summed E-state index contributed by atoms with van der Waals surface area (Å²) in [5.74, 6) is -0.652. The molecule has 1 N–H and O–H groups in total. The van der Waals surface area contributed by atoms with Gasteiger partial charge in [0.05, 0.1) is 24.6 Å². The van der Waals surface area contributed by atoms with E-state index in [-0.39, 0.29) is 24.7 Å². The molecule has 2 heterocycles. The highest BCUT2D eigenvalue weighted by Gasteiger charge is 2.42. The van der Waals surface area contributed by atoms with Crippen LogP contribution in [0.4, 0.5) is 10.8 Å². The first kappa shape index (κ1) is 19.0. The van der Waals surface area contributed by atoms with Crippen LogP contribution in [0.1, 0.15) is 32.3 Å². The van der Waals surface area contributed by atoms with E-state index >= 15 is 0 Å². The summed E-state index contributed by atoms with van der Waals surface area (Å²) in [5, 5.41) is 5.01. The number of likely N-dealkylation sites (N-methyl/N-ethyl adjacent to an activating group) is 1. The van der Waals surface area contributed by atoms with E-state index in [1.165, 1.54) is 18.4 Å². The van der Waals surface area contributed by atoms with Gasteiger partial charge in [0.1, 0.15) is 0 Å². The van der Waals surface area contributed by atoms with Gasteiger partial charge >= 0.3 is 5.97 Å². The summed E-state index contributed by atoms with van der Waals surface area (Å²) in [6.07, 6.45) is 0.0745. The van der Waals surface area contributed by atoms with Crippen LogP contribution in [0.5, 0.6) is 0 Å². The third kappa shape index (κ3) is 3.57. The third-order valence-corrected chi connectivity index (χ3v) is 5.46. The lowest BCUT2D eigenvalue weighted by Crippen LogP contribution is -2.33. The first-order valence-electron chi connectivity index (χ1n) is 8.49. The molecule has 0 saturated carbocycles. The van der Waals surface area contributed by atoms with Gasteiger partial charge in [0.25, 0.3) is 0 Å². The smallest absolute Gasteiger partial charge is 0.306 e. The van der Waals surface area contributed by atoms with Crippen LogP contribution in [-0.2, 0) is 24.5 Å². The summed E-state index contributed by atoms with van der Waals surface area (Å²) in [7, 11) is 3.07. The minimum atomic E-state index is -0.582. The normalized spacial score (nSPS) is 14.8. The third-order valence-electron chi connectivity index (χ3n) is 4.70. The van der Waals surface area contributed by atoms with E-state index in [0.717, 1.165) is 22.5 Å². The average molecular weight is 387 g/mol. The fraction of sp³-hybridized carbons (Fsp3) is 0.368. The molecule has 0 atom stereocenters. The number of rotatable bonds is 5. The van der Waals surface area contributed by atoms with E-state index in [9.17, 15) is 14.4 Å². The molecule has 0 radical (unpaired) electrons. The molecule has 0 spiro atoms. The first-order chi connectivity index (χ1) is 12.7. The molecule has 27 heavy (non-hydrogen) atoms. The Hall–Kier alpha value is -2.74. The number of hydrogen-bond donors (Lipinski definition) is 1. The standard InChI is InChI=1S/C19H21N3O4S/c1-19(2)12-9-11(5-6-14(12)22(3)17(19)25)13-10-27-18(20-13)21-15(23)7-8-16(24)26-4/h5-6,9-10H,7-8H2,1-4H3,(H,20,21,23). The molecule has 0 aliphatic carbocycles. The number of carbonyl (C=O) groups excluding carboxylic acids is 3. The SMILES string of the molecule is COC(=O)CCC(=O)Nc1nc(-c2ccc3c(c2)C(C)(C)C(=O)N3C)cs1. The number of ether oxygens (including phenoxy) is 1. The Morgan fingerprint density at radius 1 is 1.30 bits per heavy atom. The summed E-state index contributed by atoms with van der Waals surface area (Å²) in [6.45, 7) is 3.82. The molecule has 142 valence electrons. The van der Waals surface area contributed by atoms with Crippen molar-refractivity contribution in [1.82, 2.24) is 4.98 Å². The average Bonchev–Trinajstić information content (AvgIpc) is 3.18. The molecule has 1 aliphatic rings. The zero-order valence-corrected chi connectivity index (χ0v) is 16.5. The Morgan fingerprint density at radius 3 is 2.74 bits per heavy atom. The van der Waals surface area contributed by atoms with Gasteiger partial charge in [0.15, 0.2) is 5.13 Å². The number of benzene rings is 1. The molecule has 3 rings (SSSR count). The molecular weight excluding hydrogens is 366 g/mol. The van der Waals surface area contributed by atoms with Crippen LogP contribution in [0.15, 0.2) is 23.6 Å². The Labute approximate surface area is 161 Å². The second-order valence-electron chi connectivity index (χ2n) is 6.88. The molecule has 0 saturated heterocycles. The topological polar surface area (TPSA) is 88.6 Å². The Morgan fingerprint density at radius 2 is 2.04 bits per heavy atom. The van der Waals surface area contributed by atoms with E-state index < -0.39 is 11.4 Å². The highest BCUT2D eigenvalue weighted by molar-refractivity contribution is 7.14. The molecule has 2 aromatic rings. The fourth-order valence-electron chi connectivity index (χ4n) is 3.10. The zero-order chi connectivity index (χ0) is 19.8. The van der Waals surface area contributed by atoms with Crippen LogP contribution in [-0.4, -0.2) is 36.9 Å². The van der Waals surface area contributed by atoms with Crippen molar-refractivity contribution in [2.75, 3.05) is 24.4 Å². The van der Waals surface area contributed by atoms with E-state index in [1.807, 2.05) is 37.4 Å². The summed E-state index contributed by atoms with van der Waals surface area (Å²) >= 11 is 1.31. The molecule has 1 aromatic heterocycles. The van der Waals surface area contributed by atoms with Crippen molar-refractivity contribution in [3.05, 3.63) is 29.1 Å². The van der Waals surface area contributed by atoms with Crippen molar-refractivity contribution < 1.29 is 19.1 Å². The zero-order valence-electron chi connectivity index (χ0n) is 15.7. The minimum absolute atomic E-state index is 0.0298. The summed E-state index contributed by atoms with van der Waals surface area (Å²) in [6, 6.07) is 5.82. The highest BCUT2D eigenvalue weighted by Crippen LogP contribution is 2.42. The van der Waals surface area contributed by atoms with Crippen LogP contribution in [0.25, 0.3) is 11.3 Å². The van der Waals surface area contributed by atoms with Crippen molar-refractivity contribution in [2.45, 2.75) is 32.1 Å². The highest BCUT2D eigenvalue weighted by atomic mass is 32.1. The lowest BCUT2D eigenvalue weighted by atomic mass is 9.85. The number of fused-ring (bicyclic) bond motifs is 1. The number of esters is 1. The van der Waals surface area contributed by atoms with Gasteiger partial charge in [-0.2, -0.15) is 0 Å². The largest absolute Gasteiger partial charge is 0.469 e. The number of carbonyl (C=O) groups is 3. The molecule has 7 nitrogen and oxygen atoms in total. The monoisotopic (exact) mass is 387 g/mol. The molecule has 1 aliphatic heterocycles.